The minimum absolute atomic E-state index is 0.00438. The molecule has 52 heavy (non-hydrogen) atoms. The van der Waals surface area contributed by atoms with E-state index in [1.54, 1.807) is 43.9 Å². The van der Waals surface area contributed by atoms with Crippen molar-refractivity contribution in [2.24, 2.45) is 11.0 Å². The van der Waals surface area contributed by atoms with E-state index in [4.69, 9.17) is 21.1 Å². The first kappa shape index (κ1) is 39.8. The molecule has 2 bridgehead atoms. The SMILES string of the molecule is CCOC1CCC([C@H](c2ccc(Cl)cc2)[C@H](N=[N+]=[N-])C(=O)Nc2cccc(F)c2CC[C@H]2CN(C(=O)OC(C)(C)C)[C@@H]3CCCS(=O)(=O)N2C3)CC1. The predicted molar refractivity (Wildman–Crippen MR) is 198 cm³/mol. The van der Waals surface area contributed by atoms with Crippen LogP contribution in [-0.4, -0.2) is 84.9 Å². The van der Waals surface area contributed by atoms with Gasteiger partial charge in [-0.25, -0.2) is 17.6 Å². The molecule has 0 spiro atoms. The summed E-state index contributed by atoms with van der Waals surface area (Å²) in [4.78, 5) is 32.1. The molecule has 284 valence electrons. The summed E-state index contributed by atoms with van der Waals surface area (Å²) < 4.78 is 55.3. The number of azide groups is 1. The third-order valence-electron chi connectivity index (χ3n) is 10.3. The average molecular weight is 761 g/mol. The summed E-state index contributed by atoms with van der Waals surface area (Å²) in [5.74, 6) is -1.66. The Bertz CT molecular complexity index is 1730. The molecule has 2 heterocycles. The lowest BCUT2D eigenvalue weighted by molar-refractivity contribution is -0.118. The number of benzene rings is 2. The Morgan fingerprint density at radius 1 is 1.10 bits per heavy atom. The highest BCUT2D eigenvalue weighted by Gasteiger charge is 2.44. The van der Waals surface area contributed by atoms with Gasteiger partial charge in [0.1, 0.15) is 17.5 Å². The van der Waals surface area contributed by atoms with Gasteiger partial charge in [0.2, 0.25) is 15.9 Å². The second-order valence-electron chi connectivity index (χ2n) is 15.0. The van der Waals surface area contributed by atoms with Crippen molar-refractivity contribution < 1.29 is 31.9 Å². The predicted octanol–water partition coefficient (Wildman–Crippen LogP) is 7.82. The van der Waals surface area contributed by atoms with Crippen molar-refractivity contribution in [2.45, 2.75) is 115 Å². The van der Waals surface area contributed by atoms with Gasteiger partial charge in [-0.3, -0.25) is 4.79 Å². The maximum absolute atomic E-state index is 15.6. The van der Waals surface area contributed by atoms with Crippen LogP contribution in [0.4, 0.5) is 14.9 Å². The molecule has 2 aliphatic heterocycles. The Hall–Kier alpha value is -3.42. The van der Waals surface area contributed by atoms with Crippen LogP contribution in [-0.2, 0) is 30.7 Å². The minimum Gasteiger partial charge on any atom is -0.444 e. The number of anilines is 1. The van der Waals surface area contributed by atoms with E-state index in [9.17, 15) is 23.5 Å². The normalized spacial score (nSPS) is 25.6. The quantitative estimate of drug-likeness (QED) is 0.140. The van der Waals surface area contributed by atoms with Gasteiger partial charge in [-0.05, 0) is 120 Å². The third kappa shape index (κ3) is 9.76. The van der Waals surface area contributed by atoms with Crippen LogP contribution in [0, 0.1) is 11.7 Å². The average Bonchev–Trinajstić information content (AvgIpc) is 3.21. The molecule has 3 fully saturated rings. The second kappa shape index (κ2) is 17.2. The zero-order chi connectivity index (χ0) is 37.6. The van der Waals surface area contributed by atoms with Crippen molar-refractivity contribution in [1.82, 2.24) is 9.21 Å². The van der Waals surface area contributed by atoms with E-state index in [0.717, 1.165) is 31.2 Å². The van der Waals surface area contributed by atoms with Crippen LogP contribution < -0.4 is 5.32 Å². The summed E-state index contributed by atoms with van der Waals surface area (Å²) >= 11 is 6.21. The number of amides is 2. The summed E-state index contributed by atoms with van der Waals surface area (Å²) in [6.07, 6.45) is 3.95. The molecule has 0 radical (unpaired) electrons. The minimum atomic E-state index is -3.61. The van der Waals surface area contributed by atoms with Crippen molar-refractivity contribution in [3.8, 4) is 0 Å². The second-order valence-corrected chi connectivity index (χ2v) is 17.5. The topological polar surface area (TPSA) is 154 Å². The molecule has 1 N–H and O–H groups in total. The van der Waals surface area contributed by atoms with Crippen LogP contribution in [0.3, 0.4) is 0 Å². The number of fused-ring (bicyclic) bond motifs is 2. The van der Waals surface area contributed by atoms with Gasteiger partial charge < -0.3 is 19.7 Å². The molecule has 2 aromatic rings. The fourth-order valence-electron chi connectivity index (χ4n) is 7.95. The highest BCUT2D eigenvalue weighted by molar-refractivity contribution is 7.89. The van der Waals surface area contributed by atoms with Gasteiger partial charge in [0, 0.05) is 58.9 Å². The van der Waals surface area contributed by atoms with Gasteiger partial charge in [-0.2, -0.15) is 4.31 Å². The molecule has 1 saturated carbocycles. The molecule has 2 amide bonds. The number of nitrogens with one attached hydrogen (secondary N) is 1. The zero-order valence-electron chi connectivity index (χ0n) is 30.3. The van der Waals surface area contributed by atoms with Crippen LogP contribution in [0.1, 0.15) is 89.7 Å². The van der Waals surface area contributed by atoms with Crippen LogP contribution >= 0.6 is 11.6 Å². The number of hydrogen-bond donors (Lipinski definition) is 1. The van der Waals surface area contributed by atoms with Crippen LogP contribution in [0.15, 0.2) is 47.6 Å². The van der Waals surface area contributed by atoms with E-state index in [0.29, 0.717) is 24.5 Å². The third-order valence-corrected chi connectivity index (χ3v) is 12.6. The number of carbonyl (C=O) groups excluding carboxylic acids is 2. The molecule has 1 aliphatic carbocycles. The summed E-state index contributed by atoms with van der Waals surface area (Å²) in [5, 5.41) is 7.42. The van der Waals surface area contributed by atoms with Gasteiger partial charge >= 0.3 is 6.09 Å². The lowest BCUT2D eigenvalue weighted by atomic mass is 9.72. The van der Waals surface area contributed by atoms with E-state index in [1.165, 1.54) is 16.4 Å². The molecule has 1 unspecified atom stereocenters. The monoisotopic (exact) mass is 760 g/mol. The van der Waals surface area contributed by atoms with Gasteiger partial charge in [-0.1, -0.05) is 34.9 Å². The van der Waals surface area contributed by atoms with Gasteiger partial charge in [-0.15, -0.1) is 0 Å². The number of sulfonamides is 1. The fourth-order valence-corrected chi connectivity index (χ4v) is 9.86. The van der Waals surface area contributed by atoms with Crippen molar-refractivity contribution in [3.05, 3.63) is 74.9 Å². The van der Waals surface area contributed by atoms with Crippen LogP contribution in [0.25, 0.3) is 10.4 Å². The summed E-state index contributed by atoms with van der Waals surface area (Å²) in [5.41, 5.74) is 10.1. The zero-order valence-corrected chi connectivity index (χ0v) is 31.9. The Labute approximate surface area is 311 Å². The Balaban J connectivity index is 1.39. The lowest BCUT2D eigenvalue weighted by Crippen LogP contribution is -2.60. The van der Waals surface area contributed by atoms with Crippen molar-refractivity contribution in [2.75, 3.05) is 30.8 Å². The molecule has 5 rings (SSSR count). The summed E-state index contributed by atoms with van der Waals surface area (Å²) in [6.45, 7) is 8.16. The van der Waals surface area contributed by atoms with Crippen molar-refractivity contribution in [1.29, 1.82) is 0 Å². The van der Waals surface area contributed by atoms with Crippen LogP contribution in [0.5, 0.6) is 0 Å². The first-order chi connectivity index (χ1) is 24.7. The largest absolute Gasteiger partial charge is 0.444 e. The van der Waals surface area contributed by atoms with Crippen LogP contribution in [0.2, 0.25) is 5.02 Å². The summed E-state index contributed by atoms with van der Waals surface area (Å²) in [7, 11) is -3.61. The van der Waals surface area contributed by atoms with Crippen molar-refractivity contribution in [3.63, 3.8) is 0 Å². The smallest absolute Gasteiger partial charge is 0.410 e. The first-order valence-electron chi connectivity index (χ1n) is 18.2. The standard InChI is InChI=1S/C37H50ClFN6O6S/c1-5-50-29-18-13-25(14-19-29)33(24-11-15-26(38)16-12-24)34(42-43-40)35(46)41-32-10-6-9-31(39)30(32)20-17-28-22-44(36(47)51-37(2,3)4)27-8-7-21-52(48,49)45(28)23-27/h6,9-12,15-16,25,27-29,33-34H,5,7-8,13-14,17-23H2,1-4H3,(H,41,46)/t25?,27-,28+,29?,33+,34+/m1/s1. The van der Waals surface area contributed by atoms with Gasteiger partial charge in [0.05, 0.1) is 11.9 Å². The van der Waals surface area contributed by atoms with Gasteiger partial charge in [0.25, 0.3) is 0 Å². The molecule has 5 atom stereocenters. The molecular formula is C37H50ClFN6O6S. The number of nitrogens with zero attached hydrogens (tertiary/aromatic N) is 5. The Morgan fingerprint density at radius 3 is 2.46 bits per heavy atom. The molecular weight excluding hydrogens is 711 g/mol. The number of piperazine rings is 1. The van der Waals surface area contributed by atoms with E-state index in [1.807, 2.05) is 19.1 Å². The van der Waals surface area contributed by atoms with E-state index < -0.39 is 51.4 Å². The van der Waals surface area contributed by atoms with E-state index in [-0.39, 0.29) is 61.0 Å². The first-order valence-corrected chi connectivity index (χ1v) is 20.2. The fraction of sp³-hybridized carbons (Fsp3) is 0.622. The highest BCUT2D eigenvalue weighted by atomic mass is 35.5. The maximum Gasteiger partial charge on any atom is 0.410 e. The molecule has 0 aromatic heterocycles. The van der Waals surface area contributed by atoms with E-state index in [2.05, 4.69) is 15.3 Å². The van der Waals surface area contributed by atoms with E-state index >= 15 is 4.39 Å². The highest BCUT2D eigenvalue weighted by Crippen LogP contribution is 2.41. The van der Waals surface area contributed by atoms with Crippen molar-refractivity contribution >= 4 is 39.3 Å². The molecule has 12 nitrogen and oxygen atoms in total. The summed E-state index contributed by atoms with van der Waals surface area (Å²) in [6, 6.07) is 9.41. The number of rotatable bonds is 11. The lowest BCUT2D eigenvalue weighted by Gasteiger charge is -2.44. The number of hydrogen-bond acceptors (Lipinski definition) is 7. The Kier molecular flexibility index (Phi) is 13.1. The van der Waals surface area contributed by atoms with Gasteiger partial charge in [0.15, 0.2) is 0 Å². The number of ether oxygens (including phenoxy) is 2. The molecule has 15 heteroatoms. The molecule has 3 aliphatic rings. The molecule has 2 aromatic carbocycles. The number of carbonyl (C=O) groups is 2. The molecule has 2 saturated heterocycles. The number of halogens is 2. The maximum atomic E-state index is 15.6. The Morgan fingerprint density at radius 2 is 1.81 bits per heavy atom.